The number of hydrogen-bond acceptors (Lipinski definition) is 4. The summed E-state index contributed by atoms with van der Waals surface area (Å²) < 4.78 is 1.01. The van der Waals surface area contributed by atoms with E-state index >= 15 is 0 Å². The van der Waals surface area contributed by atoms with Crippen LogP contribution in [0.4, 0.5) is 5.13 Å². The standard InChI is InChI=1S/C16H16N2O3S/c19-14(12-8-5-6-9(7-8)13(12)15(20)21)18-16-17-10-3-1-2-4-11(10)22-16/h1-4,8-9,12-13H,5-7H2,(H,20,21)(H,17,18,19)/t8-,9+,12-,13-/m0/s1. The largest absolute Gasteiger partial charge is 0.481 e. The summed E-state index contributed by atoms with van der Waals surface area (Å²) >= 11 is 1.42. The Kier molecular flexibility index (Phi) is 3.14. The molecule has 2 aliphatic carbocycles. The number of carbonyl (C=O) groups is 2. The summed E-state index contributed by atoms with van der Waals surface area (Å²) in [5.41, 5.74) is 0.852. The lowest BCUT2D eigenvalue weighted by atomic mass is 9.79. The van der Waals surface area contributed by atoms with Crippen LogP contribution in [0.15, 0.2) is 24.3 Å². The van der Waals surface area contributed by atoms with E-state index in [-0.39, 0.29) is 17.7 Å². The Balaban J connectivity index is 1.57. The molecule has 2 aromatic rings. The summed E-state index contributed by atoms with van der Waals surface area (Å²) in [5, 5.41) is 12.8. The first-order valence-corrected chi connectivity index (χ1v) is 8.34. The molecule has 0 spiro atoms. The minimum Gasteiger partial charge on any atom is -0.481 e. The molecule has 114 valence electrons. The molecule has 6 heteroatoms. The lowest BCUT2D eigenvalue weighted by molar-refractivity contribution is -0.148. The summed E-state index contributed by atoms with van der Waals surface area (Å²) in [6.45, 7) is 0. The van der Waals surface area contributed by atoms with Crippen molar-refractivity contribution in [1.82, 2.24) is 4.98 Å². The van der Waals surface area contributed by atoms with Crippen LogP contribution in [0, 0.1) is 23.7 Å². The van der Waals surface area contributed by atoms with Crippen LogP contribution >= 0.6 is 11.3 Å². The van der Waals surface area contributed by atoms with E-state index in [1.54, 1.807) is 0 Å². The zero-order valence-electron chi connectivity index (χ0n) is 11.9. The van der Waals surface area contributed by atoms with Crippen LogP contribution in [0.5, 0.6) is 0 Å². The number of benzene rings is 1. The smallest absolute Gasteiger partial charge is 0.307 e. The molecule has 5 nitrogen and oxygen atoms in total. The van der Waals surface area contributed by atoms with Crippen molar-refractivity contribution < 1.29 is 14.7 Å². The number of nitrogens with zero attached hydrogens (tertiary/aromatic N) is 1. The second kappa shape index (κ2) is 5.05. The number of carbonyl (C=O) groups excluding carboxylic acids is 1. The van der Waals surface area contributed by atoms with Gasteiger partial charge in [0.05, 0.1) is 22.1 Å². The van der Waals surface area contributed by atoms with E-state index in [4.69, 9.17) is 0 Å². The SMILES string of the molecule is O=C(O)[C@H]1[C@@H]2CC[C@@H](C2)[C@@H]1C(=O)Nc1nc2ccccc2s1. The van der Waals surface area contributed by atoms with Crippen molar-refractivity contribution in [3.63, 3.8) is 0 Å². The van der Waals surface area contributed by atoms with Crippen LogP contribution in [-0.4, -0.2) is 22.0 Å². The number of nitrogens with one attached hydrogen (secondary N) is 1. The quantitative estimate of drug-likeness (QED) is 0.912. The normalized spacial score (nSPS) is 29.8. The van der Waals surface area contributed by atoms with Crippen LogP contribution in [0.25, 0.3) is 10.2 Å². The number of para-hydroxylation sites is 1. The molecule has 1 aromatic heterocycles. The molecule has 0 unspecified atom stereocenters. The van der Waals surface area contributed by atoms with Gasteiger partial charge >= 0.3 is 5.97 Å². The van der Waals surface area contributed by atoms with Gasteiger partial charge < -0.3 is 10.4 Å². The van der Waals surface area contributed by atoms with Crippen LogP contribution < -0.4 is 5.32 Å². The average Bonchev–Trinajstić information content (AvgIpc) is 3.19. The van der Waals surface area contributed by atoms with Gasteiger partial charge in [-0.25, -0.2) is 4.98 Å². The predicted octanol–water partition coefficient (Wildman–Crippen LogP) is 2.98. The van der Waals surface area contributed by atoms with Crippen LogP contribution in [-0.2, 0) is 9.59 Å². The number of anilines is 1. The lowest BCUT2D eigenvalue weighted by Gasteiger charge is -2.26. The van der Waals surface area contributed by atoms with E-state index in [0.29, 0.717) is 5.13 Å². The molecule has 4 rings (SSSR count). The maximum absolute atomic E-state index is 12.6. The van der Waals surface area contributed by atoms with Gasteiger partial charge in [0.1, 0.15) is 0 Å². The van der Waals surface area contributed by atoms with Gasteiger partial charge in [-0.2, -0.15) is 0 Å². The summed E-state index contributed by atoms with van der Waals surface area (Å²) in [7, 11) is 0. The molecule has 1 aromatic carbocycles. The predicted molar refractivity (Wildman–Crippen MR) is 83.7 cm³/mol. The highest BCUT2D eigenvalue weighted by Gasteiger charge is 2.54. The molecule has 4 atom stereocenters. The Hall–Kier alpha value is -1.95. The van der Waals surface area contributed by atoms with E-state index in [0.717, 1.165) is 29.5 Å². The van der Waals surface area contributed by atoms with Gasteiger partial charge in [-0.1, -0.05) is 23.5 Å². The van der Waals surface area contributed by atoms with Crippen LogP contribution in [0.3, 0.4) is 0 Å². The number of hydrogen-bond donors (Lipinski definition) is 2. The van der Waals surface area contributed by atoms with Crippen LogP contribution in [0.2, 0.25) is 0 Å². The molecule has 2 fully saturated rings. The number of aliphatic carboxylic acids is 1. The van der Waals surface area contributed by atoms with Crippen molar-refractivity contribution in [3.05, 3.63) is 24.3 Å². The highest BCUT2D eigenvalue weighted by molar-refractivity contribution is 7.22. The summed E-state index contributed by atoms with van der Waals surface area (Å²) in [5.74, 6) is -1.60. The number of thiazole rings is 1. The molecule has 1 amide bonds. The summed E-state index contributed by atoms with van der Waals surface area (Å²) in [6.07, 6.45) is 2.77. The molecule has 0 radical (unpaired) electrons. The first-order valence-electron chi connectivity index (χ1n) is 7.53. The molecule has 2 N–H and O–H groups in total. The van der Waals surface area contributed by atoms with Gasteiger partial charge in [0, 0.05) is 0 Å². The lowest BCUT2D eigenvalue weighted by Crippen LogP contribution is -2.37. The average molecular weight is 316 g/mol. The van der Waals surface area contributed by atoms with Crippen molar-refractivity contribution >= 4 is 38.6 Å². The maximum atomic E-state index is 12.6. The zero-order valence-corrected chi connectivity index (χ0v) is 12.7. The number of fused-ring (bicyclic) bond motifs is 3. The second-order valence-corrected chi connectivity index (χ2v) is 7.23. The third kappa shape index (κ3) is 2.09. The number of carboxylic acid groups (broad SMARTS) is 1. The minimum absolute atomic E-state index is 0.161. The number of aromatic nitrogens is 1. The van der Waals surface area contributed by atoms with Crippen LogP contribution in [0.1, 0.15) is 19.3 Å². The zero-order chi connectivity index (χ0) is 15.3. The number of amides is 1. The van der Waals surface area contributed by atoms with E-state index < -0.39 is 17.8 Å². The Morgan fingerprint density at radius 1 is 1.18 bits per heavy atom. The van der Waals surface area contributed by atoms with Gasteiger partial charge in [0.25, 0.3) is 0 Å². The van der Waals surface area contributed by atoms with Crippen molar-refractivity contribution in [2.75, 3.05) is 5.32 Å². The van der Waals surface area contributed by atoms with E-state index in [9.17, 15) is 14.7 Å². The van der Waals surface area contributed by atoms with E-state index in [1.807, 2.05) is 24.3 Å². The molecule has 0 aliphatic heterocycles. The van der Waals surface area contributed by atoms with Gasteiger partial charge in [-0.15, -0.1) is 0 Å². The summed E-state index contributed by atoms with van der Waals surface area (Å²) in [4.78, 5) is 28.5. The molecule has 1 heterocycles. The third-order valence-electron chi connectivity index (χ3n) is 5.03. The van der Waals surface area contributed by atoms with E-state index in [2.05, 4.69) is 10.3 Å². The Morgan fingerprint density at radius 2 is 1.91 bits per heavy atom. The molecule has 2 bridgehead atoms. The highest BCUT2D eigenvalue weighted by Crippen LogP contribution is 2.52. The highest BCUT2D eigenvalue weighted by atomic mass is 32.1. The first-order chi connectivity index (χ1) is 10.6. The Bertz CT molecular complexity index is 724. The number of carboxylic acids is 1. The van der Waals surface area contributed by atoms with Gasteiger partial charge in [-0.3, -0.25) is 9.59 Å². The fourth-order valence-corrected chi connectivity index (χ4v) is 5.01. The van der Waals surface area contributed by atoms with Gasteiger partial charge in [0.15, 0.2) is 5.13 Å². The van der Waals surface area contributed by atoms with E-state index in [1.165, 1.54) is 11.3 Å². The maximum Gasteiger partial charge on any atom is 0.307 e. The van der Waals surface area contributed by atoms with Crippen molar-refractivity contribution in [2.45, 2.75) is 19.3 Å². The number of rotatable bonds is 3. The minimum atomic E-state index is -0.836. The topological polar surface area (TPSA) is 79.3 Å². The first kappa shape index (κ1) is 13.7. The third-order valence-corrected chi connectivity index (χ3v) is 5.98. The molecule has 22 heavy (non-hydrogen) atoms. The Labute approximate surface area is 131 Å². The van der Waals surface area contributed by atoms with Crippen molar-refractivity contribution in [2.24, 2.45) is 23.7 Å². The second-order valence-electron chi connectivity index (χ2n) is 6.20. The van der Waals surface area contributed by atoms with Crippen molar-refractivity contribution in [1.29, 1.82) is 0 Å². The van der Waals surface area contributed by atoms with Gasteiger partial charge in [0.2, 0.25) is 5.91 Å². The summed E-state index contributed by atoms with van der Waals surface area (Å²) in [6, 6.07) is 7.70. The van der Waals surface area contributed by atoms with Crippen molar-refractivity contribution in [3.8, 4) is 0 Å². The monoisotopic (exact) mass is 316 g/mol. The van der Waals surface area contributed by atoms with Gasteiger partial charge in [-0.05, 0) is 43.2 Å². The molecular weight excluding hydrogens is 300 g/mol. The fourth-order valence-electron chi connectivity index (χ4n) is 4.14. The molecule has 2 saturated carbocycles. The fraction of sp³-hybridized carbons (Fsp3) is 0.438. The Morgan fingerprint density at radius 3 is 2.64 bits per heavy atom. The molecular formula is C16H16N2O3S. The molecule has 0 saturated heterocycles. The molecule has 2 aliphatic rings.